The van der Waals surface area contributed by atoms with E-state index in [0.29, 0.717) is 46.5 Å². The molecule has 3 saturated heterocycles. The number of aromatic nitrogens is 9. The number of aromatic amines is 1. The van der Waals surface area contributed by atoms with Gasteiger partial charge in [0.05, 0.1) is 66.0 Å². The molecule has 125 heavy (non-hydrogen) atoms. The molecule has 0 aliphatic carbocycles. The summed E-state index contributed by atoms with van der Waals surface area (Å²) in [6, 6.07) is 42.6. The molecular weight excluding hydrogens is 1960 g/mol. The van der Waals surface area contributed by atoms with Crippen molar-refractivity contribution >= 4 is 141 Å². The van der Waals surface area contributed by atoms with Crippen molar-refractivity contribution in [1.82, 2.24) is 54.5 Å². The Morgan fingerprint density at radius 1 is 0.528 bits per heavy atom. The predicted molar refractivity (Wildman–Crippen MR) is 467 cm³/mol. The number of carbonyl (C=O) groups excluding carboxylic acids is 1. The molecule has 4 aromatic carbocycles. The largest absolute Gasteiger partial charge is 1.00 e. The third-order valence-electron chi connectivity index (χ3n) is 17.5. The van der Waals surface area contributed by atoms with Crippen molar-refractivity contribution in [3.8, 4) is 33.8 Å². The zero-order valence-corrected chi connectivity index (χ0v) is 82.7. The molecule has 2 N–H and O–H groups in total. The van der Waals surface area contributed by atoms with E-state index >= 15 is 0 Å². The summed E-state index contributed by atoms with van der Waals surface area (Å²) < 4.78 is 198. The van der Waals surface area contributed by atoms with Crippen molar-refractivity contribution < 1.29 is 166 Å². The summed E-state index contributed by atoms with van der Waals surface area (Å²) in [6.07, 6.45) is 7.82. The number of alkyl halides is 6. The molecule has 6 aromatic heterocycles. The SMILES string of the molecule is CN(C)CCN(C)C.CS(=O)(=O)c1ccc2[nH]nc(-c3ccnc(N4CCOCC4)c3)c2c1.C[Si](C)(C)CCOCn1nc(-c2ccnc(N3CCOCC3)c2)c2cc(Br)ccc21.C[Si](C)(C)CCOCn1nc(-c2ccnc(N3CCOCC3)c2)c2cc(S(C)(=O)=O)ccc21.Cl.O=C[O-].O=S(=O)(O)C(F)(F)F.O=S(=O)([O-])C(F)(F)F.[Cu+].[Cu+].[Na+].c1ccccc1. The number of sulfone groups is 2. The smallest absolute Gasteiger partial charge is 0.741 e. The molecule has 13 rings (SSSR count). The number of hydrogen-bond donors (Lipinski definition) is 2. The minimum absolute atomic E-state index is 0. The predicted octanol–water partition coefficient (Wildman–Crippen LogP) is 8.55. The van der Waals surface area contributed by atoms with E-state index in [-0.39, 0.29) is 85.9 Å². The number of nitrogens with one attached hydrogen (secondary N) is 1. The van der Waals surface area contributed by atoms with E-state index in [1.165, 1.54) is 12.5 Å². The van der Waals surface area contributed by atoms with Gasteiger partial charge in [-0.3, -0.25) is 9.65 Å². The van der Waals surface area contributed by atoms with Crippen LogP contribution in [0.2, 0.25) is 51.4 Å². The van der Waals surface area contributed by atoms with Crippen molar-refractivity contribution in [2.45, 2.75) is 85.6 Å². The quantitative estimate of drug-likeness (QED) is 0.0170. The molecule has 31 nitrogen and oxygen atoms in total. The van der Waals surface area contributed by atoms with Crippen LogP contribution < -0.4 is 49.4 Å². The number of fused-ring (bicyclic) bond motifs is 3. The van der Waals surface area contributed by atoms with Crippen LogP contribution in [0.5, 0.6) is 0 Å². The molecule has 10 aromatic rings. The monoisotopic (exact) mass is 2060 g/mol. The van der Waals surface area contributed by atoms with Crippen molar-refractivity contribution in [2.24, 2.45) is 0 Å². The van der Waals surface area contributed by atoms with Gasteiger partial charge >= 0.3 is 84.8 Å². The first kappa shape index (κ1) is 115. The fourth-order valence-electron chi connectivity index (χ4n) is 11.0. The molecule has 0 amide bonds. The van der Waals surface area contributed by atoms with Gasteiger partial charge in [-0.2, -0.15) is 50.1 Å². The number of ether oxygens (including phenoxy) is 5. The summed E-state index contributed by atoms with van der Waals surface area (Å²) in [4.78, 5) is 33.4. The fourth-order valence-corrected chi connectivity index (χ4v) is 14.2. The second-order valence-electron chi connectivity index (χ2n) is 30.2. The van der Waals surface area contributed by atoms with E-state index in [2.05, 4.69) is 157 Å². The maximum absolute atomic E-state index is 12.2. The third-order valence-corrected chi connectivity index (χ3v) is 24.8. The minimum Gasteiger partial charge on any atom is -0.741 e. The van der Waals surface area contributed by atoms with Gasteiger partial charge in [-0.25, -0.2) is 49.6 Å². The number of benzene rings is 4. The molecule has 0 spiro atoms. The molecule has 9 heterocycles. The van der Waals surface area contributed by atoms with E-state index in [9.17, 15) is 43.2 Å². The first-order valence-corrected chi connectivity index (χ1v) is 52.4. The molecule has 48 heteroatoms. The number of anilines is 3. The number of rotatable bonds is 21. The Morgan fingerprint density at radius 2 is 0.840 bits per heavy atom. The summed E-state index contributed by atoms with van der Waals surface area (Å²) in [6.45, 7) is 27.2. The second kappa shape index (κ2) is 53.3. The van der Waals surface area contributed by atoms with Gasteiger partial charge in [-0.15, -0.1) is 12.4 Å². The van der Waals surface area contributed by atoms with Crippen LogP contribution in [-0.4, -0.2) is 277 Å². The van der Waals surface area contributed by atoms with Crippen molar-refractivity contribution in [1.29, 1.82) is 0 Å². The van der Waals surface area contributed by atoms with Crippen LogP contribution in [-0.2, 0) is 116 Å². The normalized spacial score (nSPS) is 13.8. The van der Waals surface area contributed by atoms with Crippen LogP contribution in [0.4, 0.5) is 43.8 Å². The number of morpholine rings is 3. The molecule has 694 valence electrons. The molecular formula is C77H104BrClCu2F6N14NaO17S4Si2+. The number of hydrogen-bond acceptors (Lipinski definition) is 27. The van der Waals surface area contributed by atoms with Gasteiger partial charge in [0, 0.05) is 157 Å². The fraction of sp³-hybridized carbons (Fsp3) is 0.442. The Balaban J connectivity index is 0.000000531. The topological polar surface area (TPSA) is 385 Å². The average Bonchev–Trinajstić information content (AvgIpc) is 1.64. The minimum atomic E-state index is -6.09. The van der Waals surface area contributed by atoms with E-state index in [0.717, 1.165) is 173 Å². The standard InChI is InChI=1S/C23H32N4O4SSi.C22H29BrN4O2Si.C17H18N4O3S.C6H16N2.C6H6.2CHF3O3S.CH2O2.ClH.2Cu.Na/c1-32(28,29)19-5-6-21-20(16-19)23(25-27(21)17-31-13-14-33(2,3)4)18-7-8-24-22(15-18)26-9-11-30-12-10-26;1-30(2,3)13-12-29-16-27-20-5-4-18(23)15-19(20)22(25-27)17-6-7-24-21(14-17)26-8-10-28-11-9-26;1-25(22,23)13-2-3-15-14(11-13)17(20-19-15)12-4-5-18-16(10-12)21-6-8-24-9-7-21;1-7(2)5-6-8(3)4;1-2-4-6-5-3-1;2*2-1(3,4)8(5,6)7;2-1-3;;;;/h5-8,15-16H,9-14,17H2,1-4H3;4-7,14-15H,8-13,16H2,1-3H3;2-5,10-11H,6-9H2,1H3,(H,19,20);5-6H2,1-4H3;1-6H;2*(H,5,6,7);1H,(H,2,3);1H;;;/q;;;;;;;;;3*+1/p-2. The number of pyridine rings is 3. The molecule has 0 radical (unpaired) electrons. The van der Waals surface area contributed by atoms with Crippen molar-refractivity contribution in [3.05, 3.63) is 150 Å². The molecule has 0 saturated carbocycles. The van der Waals surface area contributed by atoms with E-state index < -0.39 is 73.5 Å². The summed E-state index contributed by atoms with van der Waals surface area (Å²) in [5.41, 5.74) is -3.21. The summed E-state index contributed by atoms with van der Waals surface area (Å²) >= 11 is 3.61. The first-order valence-electron chi connectivity index (χ1n) is 37.6. The van der Waals surface area contributed by atoms with E-state index in [4.69, 9.17) is 69.7 Å². The Bertz CT molecular complexity index is 5360. The van der Waals surface area contributed by atoms with Gasteiger partial charge < -0.3 is 62.6 Å². The number of carboxylic acid groups (broad SMARTS) is 1. The van der Waals surface area contributed by atoms with Crippen LogP contribution >= 0.6 is 28.3 Å². The summed E-state index contributed by atoms with van der Waals surface area (Å²) in [5.74, 6) is 2.71. The van der Waals surface area contributed by atoms with Crippen molar-refractivity contribution in [2.75, 3.05) is 161 Å². The van der Waals surface area contributed by atoms with Crippen LogP contribution in [0.15, 0.2) is 160 Å². The number of H-pyrrole nitrogens is 1. The average molecular weight is 2060 g/mol. The number of halogens is 8. The maximum Gasteiger partial charge on any atom is 1.00 e. The zero-order chi connectivity index (χ0) is 89.7. The van der Waals surface area contributed by atoms with E-state index in [1.807, 2.05) is 88.4 Å². The zero-order valence-electron chi connectivity index (χ0n) is 71.2. The van der Waals surface area contributed by atoms with Gasteiger partial charge in [0.25, 0.3) is 0 Å². The van der Waals surface area contributed by atoms with Gasteiger partial charge in [-0.1, -0.05) is 91.6 Å². The van der Waals surface area contributed by atoms with Crippen LogP contribution in [0, 0.1) is 0 Å². The molecule has 0 bridgehead atoms. The summed E-state index contributed by atoms with van der Waals surface area (Å²) in [7, 11) is -12.5. The summed E-state index contributed by atoms with van der Waals surface area (Å²) in [5, 5.41) is 28.0. The first-order chi connectivity index (χ1) is 56.6. The number of nitrogens with zero attached hydrogens (tertiary/aromatic N) is 13. The Morgan fingerprint density at radius 3 is 1.15 bits per heavy atom. The maximum atomic E-state index is 12.2. The van der Waals surface area contributed by atoms with Gasteiger partial charge in [0.1, 0.15) is 48.0 Å². The van der Waals surface area contributed by atoms with Crippen molar-refractivity contribution in [3.63, 3.8) is 0 Å². The molecule has 3 aliphatic heterocycles. The number of likely N-dealkylation sites (N-methyl/N-ethyl adjacent to an activating group) is 2. The molecule has 0 unspecified atom stereocenters. The van der Waals surface area contributed by atoms with Gasteiger partial charge in [-0.05, 0) is 131 Å². The molecule has 3 aliphatic rings. The van der Waals surface area contributed by atoms with Gasteiger partial charge in [0.2, 0.25) is 0 Å². The second-order valence-corrected chi connectivity index (χ2v) is 49.2. The van der Waals surface area contributed by atoms with Crippen LogP contribution in [0.25, 0.3) is 66.5 Å². The third kappa shape index (κ3) is 39.2. The van der Waals surface area contributed by atoms with Crippen LogP contribution in [0.3, 0.4) is 0 Å². The van der Waals surface area contributed by atoms with E-state index in [1.54, 1.807) is 42.7 Å². The Labute approximate surface area is 785 Å². The van der Waals surface area contributed by atoms with Crippen LogP contribution in [0.1, 0.15) is 0 Å². The van der Waals surface area contributed by atoms with Gasteiger partial charge in [0.15, 0.2) is 29.8 Å². The Hall–Kier alpha value is -6.13. The number of carbonyl (C=O) groups is 1. The molecule has 0 atom stereocenters. The molecule has 3 fully saturated rings. The Kier molecular flexibility index (Phi) is 49.0.